The van der Waals surface area contributed by atoms with E-state index in [0.29, 0.717) is 0 Å². The summed E-state index contributed by atoms with van der Waals surface area (Å²) in [5.41, 5.74) is 22.3. The van der Waals surface area contributed by atoms with E-state index in [0.717, 1.165) is 17.1 Å². The lowest BCUT2D eigenvalue weighted by atomic mass is 9.30. The van der Waals surface area contributed by atoms with Gasteiger partial charge in [-0.05, 0) is 153 Å². The van der Waals surface area contributed by atoms with Gasteiger partial charge in [0.15, 0.2) is 0 Å². The van der Waals surface area contributed by atoms with Gasteiger partial charge in [0.25, 0.3) is 0 Å². The second-order valence-corrected chi connectivity index (χ2v) is 25.0. The van der Waals surface area contributed by atoms with Crippen LogP contribution in [-0.4, -0.2) is 12.3 Å². The van der Waals surface area contributed by atoms with Crippen LogP contribution in [-0.2, 0) is 27.1 Å². The molecule has 0 saturated heterocycles. The summed E-state index contributed by atoms with van der Waals surface area (Å²) in [6.45, 7) is 31.3. The van der Waals surface area contributed by atoms with Gasteiger partial charge in [-0.2, -0.15) is 0 Å². The molecular weight excluding hydrogens is 834 g/mol. The summed E-state index contributed by atoms with van der Waals surface area (Å²) in [5, 5.41) is 0. The molecule has 0 bridgehead atoms. The van der Waals surface area contributed by atoms with Crippen LogP contribution in [0.2, 0.25) is 0 Å². The molecule has 0 radical (unpaired) electrons. The molecule has 0 spiro atoms. The fourth-order valence-electron chi connectivity index (χ4n) is 13.0. The van der Waals surface area contributed by atoms with Gasteiger partial charge in [-0.25, -0.2) is 0 Å². The van der Waals surface area contributed by atoms with Crippen molar-refractivity contribution in [3.63, 3.8) is 0 Å². The van der Waals surface area contributed by atoms with E-state index in [2.05, 4.69) is 256 Å². The highest BCUT2D eigenvalue weighted by molar-refractivity contribution is 6.99. The fraction of sp³-hybridized carbons (Fsp3) is 0.354. The molecule has 2 atom stereocenters. The normalized spacial score (nSPS) is 20.2. The first-order chi connectivity index (χ1) is 32.6. The minimum Gasteiger partial charge on any atom is -0.334 e. The molecule has 69 heavy (non-hydrogen) atoms. The molecule has 7 aromatic carbocycles. The second kappa shape index (κ2) is 15.5. The van der Waals surface area contributed by atoms with Crippen molar-refractivity contribution in [3.05, 3.63) is 185 Å². The Kier molecular flexibility index (Phi) is 10.2. The third-order valence-electron chi connectivity index (χ3n) is 17.3. The monoisotopic (exact) mass is 906 g/mol. The molecule has 1 fully saturated rings. The zero-order chi connectivity index (χ0) is 48.6. The van der Waals surface area contributed by atoms with E-state index < -0.39 is 0 Å². The number of hydrogen-bond acceptors (Lipinski definition) is 3. The Hall–Kier alpha value is -6.00. The van der Waals surface area contributed by atoms with E-state index in [1.807, 2.05) is 0 Å². The molecule has 11 rings (SSSR count). The third kappa shape index (κ3) is 6.97. The molecule has 2 unspecified atom stereocenters. The summed E-state index contributed by atoms with van der Waals surface area (Å²) in [7, 11) is 0. The lowest BCUT2D eigenvalue weighted by molar-refractivity contribution is 0.195. The van der Waals surface area contributed by atoms with Gasteiger partial charge in [0.2, 0.25) is 6.71 Å². The average molecular weight is 906 g/mol. The molecule has 0 N–H and O–H groups in total. The first kappa shape index (κ1) is 45.4. The van der Waals surface area contributed by atoms with E-state index in [9.17, 15) is 0 Å². The maximum atomic E-state index is 2.79. The molecular formula is C65H72BN3. The van der Waals surface area contributed by atoms with E-state index in [1.54, 1.807) is 0 Å². The lowest BCUT2D eigenvalue weighted by Crippen LogP contribution is -2.64. The molecule has 3 aliphatic heterocycles. The summed E-state index contributed by atoms with van der Waals surface area (Å²) in [6.07, 6.45) is 4.86. The van der Waals surface area contributed by atoms with Crippen molar-refractivity contribution in [1.82, 2.24) is 0 Å². The van der Waals surface area contributed by atoms with Gasteiger partial charge in [0.05, 0.1) is 5.54 Å². The van der Waals surface area contributed by atoms with Crippen molar-refractivity contribution >= 4 is 68.6 Å². The Morgan fingerprint density at radius 2 is 1.00 bits per heavy atom. The zero-order valence-corrected chi connectivity index (χ0v) is 43.7. The zero-order valence-electron chi connectivity index (χ0n) is 43.7. The number of hydrogen-bond donors (Lipinski definition) is 0. The number of fused-ring (bicyclic) bond motifs is 7. The van der Waals surface area contributed by atoms with Crippen molar-refractivity contribution in [1.29, 1.82) is 0 Å². The molecule has 4 heteroatoms. The molecule has 4 aliphatic rings. The second-order valence-electron chi connectivity index (χ2n) is 25.0. The average Bonchev–Trinajstić information content (AvgIpc) is 3.52. The van der Waals surface area contributed by atoms with Gasteiger partial charge in [0.1, 0.15) is 0 Å². The fourth-order valence-corrected chi connectivity index (χ4v) is 13.0. The van der Waals surface area contributed by atoms with Crippen LogP contribution < -0.4 is 31.1 Å². The Balaban J connectivity index is 1.20. The summed E-state index contributed by atoms with van der Waals surface area (Å²) in [5.74, 6) is 0. The van der Waals surface area contributed by atoms with Crippen LogP contribution in [0.4, 0.5) is 45.5 Å². The number of anilines is 8. The van der Waals surface area contributed by atoms with Crippen molar-refractivity contribution in [2.24, 2.45) is 0 Å². The summed E-state index contributed by atoms with van der Waals surface area (Å²) in [4.78, 5) is 7.84. The number of rotatable bonds is 5. The van der Waals surface area contributed by atoms with Crippen LogP contribution in [0.5, 0.6) is 0 Å². The molecule has 7 aromatic rings. The van der Waals surface area contributed by atoms with Gasteiger partial charge >= 0.3 is 0 Å². The third-order valence-corrected chi connectivity index (χ3v) is 17.3. The molecule has 350 valence electrons. The van der Waals surface area contributed by atoms with Crippen LogP contribution in [0.25, 0.3) is 0 Å². The highest BCUT2D eigenvalue weighted by Gasteiger charge is 2.59. The smallest absolute Gasteiger partial charge is 0.247 e. The van der Waals surface area contributed by atoms with Gasteiger partial charge in [-0.3, -0.25) is 0 Å². The predicted molar refractivity (Wildman–Crippen MR) is 298 cm³/mol. The van der Waals surface area contributed by atoms with Crippen molar-refractivity contribution in [2.75, 3.05) is 14.7 Å². The maximum absolute atomic E-state index is 2.79. The van der Waals surface area contributed by atoms with E-state index in [1.165, 1.54) is 104 Å². The van der Waals surface area contributed by atoms with Crippen LogP contribution in [0.3, 0.4) is 0 Å². The Bertz CT molecular complexity index is 3070. The van der Waals surface area contributed by atoms with Crippen LogP contribution >= 0.6 is 0 Å². The predicted octanol–water partition coefficient (Wildman–Crippen LogP) is 15.7. The minimum absolute atomic E-state index is 0.0181. The Labute approximate surface area is 414 Å². The SMILES string of the molecule is CC(C)(C)c1ccc(N2c3cc(N(c4ccccc4)c4ccccc4)ccc3B3c4cc5c(cc4C(C)(C)c4cc(C(C)(C)C)cc2c43)N(c2ccc(C(C)(C)C)cc2)C2(C)CCCCC52C)cc1. The highest BCUT2D eigenvalue weighted by atomic mass is 15.3. The summed E-state index contributed by atoms with van der Waals surface area (Å²) >= 11 is 0. The van der Waals surface area contributed by atoms with E-state index >= 15 is 0 Å². The highest BCUT2D eigenvalue weighted by Crippen LogP contribution is 2.62. The Morgan fingerprint density at radius 3 is 1.57 bits per heavy atom. The van der Waals surface area contributed by atoms with Crippen LogP contribution in [0.15, 0.2) is 152 Å². The van der Waals surface area contributed by atoms with E-state index in [4.69, 9.17) is 0 Å². The van der Waals surface area contributed by atoms with Gasteiger partial charge in [0, 0.05) is 56.3 Å². The molecule has 0 amide bonds. The van der Waals surface area contributed by atoms with Crippen molar-refractivity contribution in [2.45, 2.75) is 148 Å². The first-order valence-electron chi connectivity index (χ1n) is 25.8. The maximum Gasteiger partial charge on any atom is 0.247 e. The Morgan fingerprint density at radius 1 is 0.449 bits per heavy atom. The molecule has 3 nitrogen and oxygen atoms in total. The number of benzene rings is 7. The standard InChI is InChI=1S/C65H72BN3/c1-60(2,3)43-26-30-48(31-27-43)68-57-40-50(67(46-22-16-14-17-23-46)47-24-18-15-19-25-47)34-35-54(57)66-55-41-52-56(42-51(55)63(10,11)53-38-45(62(7,8)9)39-58(68)59(53)66)69(65(13)37-21-20-36-64(52,65)12)49-32-28-44(29-33-49)61(4,5)6/h14-19,22-35,38-42H,20-21,36-37H2,1-13H3. The topological polar surface area (TPSA) is 9.72 Å². The van der Waals surface area contributed by atoms with Gasteiger partial charge in [-0.15, -0.1) is 0 Å². The van der Waals surface area contributed by atoms with Crippen molar-refractivity contribution < 1.29 is 0 Å². The largest absolute Gasteiger partial charge is 0.334 e. The van der Waals surface area contributed by atoms with Crippen molar-refractivity contribution in [3.8, 4) is 0 Å². The van der Waals surface area contributed by atoms with E-state index in [-0.39, 0.29) is 39.3 Å². The van der Waals surface area contributed by atoms with Crippen LogP contribution in [0, 0.1) is 0 Å². The minimum atomic E-state index is -0.278. The molecule has 1 aliphatic carbocycles. The lowest BCUT2D eigenvalue weighted by Gasteiger charge is -2.50. The van der Waals surface area contributed by atoms with Gasteiger partial charge in [-0.1, -0.05) is 180 Å². The summed E-state index contributed by atoms with van der Waals surface area (Å²) in [6, 6.07) is 58.8. The summed E-state index contributed by atoms with van der Waals surface area (Å²) < 4.78 is 0. The quantitative estimate of drug-likeness (QED) is 0.159. The molecule has 3 heterocycles. The first-order valence-corrected chi connectivity index (χ1v) is 25.8. The van der Waals surface area contributed by atoms with Crippen LogP contribution in [0.1, 0.15) is 149 Å². The molecule has 1 saturated carbocycles. The molecule has 0 aromatic heterocycles. The number of nitrogens with zero attached hydrogens (tertiary/aromatic N) is 3. The van der Waals surface area contributed by atoms with Gasteiger partial charge < -0.3 is 14.7 Å². The number of para-hydroxylation sites is 2.